The van der Waals surface area contributed by atoms with Crippen LogP contribution in [0.2, 0.25) is 0 Å². The van der Waals surface area contributed by atoms with E-state index in [9.17, 15) is 0 Å². The first-order chi connectivity index (χ1) is 12.6. The van der Waals surface area contributed by atoms with Crippen LogP contribution in [0.25, 0.3) is 0 Å². The van der Waals surface area contributed by atoms with Crippen LogP contribution in [0.5, 0.6) is 0 Å². The second-order valence-corrected chi connectivity index (χ2v) is 7.18. The second-order valence-electron chi connectivity index (χ2n) is 7.18. The van der Waals surface area contributed by atoms with Gasteiger partial charge in [-0.2, -0.15) is 0 Å². The summed E-state index contributed by atoms with van der Waals surface area (Å²) in [5.74, 6) is 0. The van der Waals surface area contributed by atoms with Crippen molar-refractivity contribution in [1.82, 2.24) is 0 Å². The molecule has 0 aromatic carbocycles. The van der Waals surface area contributed by atoms with Gasteiger partial charge in [0.1, 0.15) is 0 Å². The zero-order valence-corrected chi connectivity index (χ0v) is 21.3. The van der Waals surface area contributed by atoms with Gasteiger partial charge in [-0.05, 0) is 0 Å². The van der Waals surface area contributed by atoms with Crippen molar-refractivity contribution >= 4 is 0 Å². The van der Waals surface area contributed by atoms with Crippen LogP contribution in [-0.4, -0.2) is 0 Å². The first kappa shape index (κ1) is 36.8. The topological polar surface area (TPSA) is 0 Å². The Morgan fingerprint density at radius 2 is 0.423 bits per heavy atom. The summed E-state index contributed by atoms with van der Waals surface area (Å²) in [6.45, 7) is 22.0. The summed E-state index contributed by atoms with van der Waals surface area (Å²) >= 11 is 0. The number of rotatable bonds is 11. The fraction of sp³-hybridized carbons (Fsp3) is 1.00. The molecule has 0 unspecified atom stereocenters. The molecule has 0 atom stereocenters. The Hall–Kier alpha value is 0. The van der Waals surface area contributed by atoms with E-state index in [0.717, 1.165) is 0 Å². The molecule has 0 nitrogen and oxygen atoms in total. The van der Waals surface area contributed by atoms with E-state index in [0.29, 0.717) is 0 Å². The summed E-state index contributed by atoms with van der Waals surface area (Å²) in [4.78, 5) is 0. The van der Waals surface area contributed by atoms with Crippen LogP contribution in [0.15, 0.2) is 0 Å². The summed E-state index contributed by atoms with van der Waals surface area (Å²) in [5, 5.41) is 0. The van der Waals surface area contributed by atoms with Crippen molar-refractivity contribution in [3.05, 3.63) is 0 Å². The standard InChI is InChI=1S/C8H18.C6H14.C5H12.C4H10.C3H8/c1-3-5-7-8-6-4-2;1-3-5-6-4-2;1-3-5-4-2;1-3-4-2;1-3-2/h3-8H2,1-2H3;3-6H2,1-2H3;3-5H2,1-2H3;3-4H2,1-2H3;3H2,1-2H3. The summed E-state index contributed by atoms with van der Waals surface area (Å²) in [6.07, 6.45) is 22.0. The summed E-state index contributed by atoms with van der Waals surface area (Å²) in [7, 11) is 0. The predicted octanol–water partition coefficient (Wildman–Crippen LogP) is 11.4. The zero-order chi connectivity index (χ0) is 21.3. The highest BCUT2D eigenvalue weighted by Crippen LogP contribution is 2.03. The largest absolute Gasteiger partial charge is 0.0656 e. The molecular formula is C26H62. The Balaban J connectivity index is -0.0000000737. The molecule has 26 heavy (non-hydrogen) atoms. The van der Waals surface area contributed by atoms with Crippen molar-refractivity contribution in [2.45, 2.75) is 172 Å². The average Bonchev–Trinajstić information content (AvgIpc) is 2.66. The van der Waals surface area contributed by atoms with Crippen molar-refractivity contribution in [2.24, 2.45) is 0 Å². The predicted molar refractivity (Wildman–Crippen MR) is 131 cm³/mol. The van der Waals surface area contributed by atoms with Crippen molar-refractivity contribution in [1.29, 1.82) is 0 Å². The molecule has 0 fully saturated rings. The lowest BCUT2D eigenvalue weighted by atomic mass is 10.1. The van der Waals surface area contributed by atoms with E-state index in [4.69, 9.17) is 0 Å². The van der Waals surface area contributed by atoms with Crippen LogP contribution in [0.1, 0.15) is 172 Å². The van der Waals surface area contributed by atoms with Gasteiger partial charge in [-0.3, -0.25) is 0 Å². The van der Waals surface area contributed by atoms with E-state index in [1.807, 2.05) is 0 Å². The molecule has 0 aliphatic heterocycles. The third-order valence-electron chi connectivity index (χ3n) is 3.62. The van der Waals surface area contributed by atoms with Gasteiger partial charge in [0.15, 0.2) is 0 Å². The van der Waals surface area contributed by atoms with Crippen LogP contribution in [0.4, 0.5) is 0 Å². The molecule has 166 valence electrons. The van der Waals surface area contributed by atoms with Crippen molar-refractivity contribution < 1.29 is 0 Å². The summed E-state index contributed by atoms with van der Waals surface area (Å²) in [6, 6.07) is 0. The lowest BCUT2D eigenvalue weighted by Crippen LogP contribution is -1.73. The Morgan fingerprint density at radius 1 is 0.231 bits per heavy atom. The first-order valence-corrected chi connectivity index (χ1v) is 12.6. The number of hydrogen-bond donors (Lipinski definition) is 0. The fourth-order valence-electron chi connectivity index (χ4n) is 1.71. The minimum Gasteiger partial charge on any atom is -0.0656 e. The Kier molecular flexibility index (Phi) is 79.7. The van der Waals surface area contributed by atoms with E-state index >= 15 is 0 Å². The van der Waals surface area contributed by atoms with E-state index in [1.54, 1.807) is 0 Å². The molecular weight excluding hydrogens is 312 g/mol. The fourth-order valence-corrected chi connectivity index (χ4v) is 1.71. The highest BCUT2D eigenvalue weighted by atomic mass is 13.9. The molecule has 0 aromatic rings. The van der Waals surface area contributed by atoms with E-state index in [-0.39, 0.29) is 0 Å². The van der Waals surface area contributed by atoms with Gasteiger partial charge in [0, 0.05) is 0 Å². The van der Waals surface area contributed by atoms with E-state index < -0.39 is 0 Å². The van der Waals surface area contributed by atoms with Gasteiger partial charge in [-0.15, -0.1) is 0 Å². The molecule has 0 heterocycles. The molecule has 0 aliphatic carbocycles. The van der Waals surface area contributed by atoms with Crippen molar-refractivity contribution in [2.75, 3.05) is 0 Å². The van der Waals surface area contributed by atoms with Crippen LogP contribution in [0, 0.1) is 0 Å². The Bertz CT molecular complexity index is 114. The molecule has 0 aromatic heterocycles. The van der Waals surface area contributed by atoms with Gasteiger partial charge in [-0.1, -0.05) is 172 Å². The van der Waals surface area contributed by atoms with E-state index in [2.05, 4.69) is 69.2 Å². The molecule has 0 N–H and O–H groups in total. The minimum absolute atomic E-state index is 1.25. The quantitative estimate of drug-likeness (QED) is 0.315. The molecule has 0 amide bonds. The van der Waals surface area contributed by atoms with Crippen LogP contribution < -0.4 is 0 Å². The Labute approximate surface area is 172 Å². The molecule has 0 radical (unpaired) electrons. The van der Waals surface area contributed by atoms with Crippen molar-refractivity contribution in [3.8, 4) is 0 Å². The third-order valence-corrected chi connectivity index (χ3v) is 3.62. The third kappa shape index (κ3) is 105. The summed E-state index contributed by atoms with van der Waals surface area (Å²) < 4.78 is 0. The van der Waals surface area contributed by atoms with E-state index in [1.165, 1.54) is 103 Å². The smallest absolute Gasteiger partial charge is 0.0533 e. The molecule has 0 heteroatoms. The van der Waals surface area contributed by atoms with Gasteiger partial charge in [0.2, 0.25) is 0 Å². The second kappa shape index (κ2) is 56.2. The molecule has 0 rings (SSSR count). The molecule has 0 bridgehead atoms. The van der Waals surface area contributed by atoms with Gasteiger partial charge in [-0.25, -0.2) is 0 Å². The minimum atomic E-state index is 1.25. The molecule has 0 saturated heterocycles. The lowest BCUT2D eigenvalue weighted by Gasteiger charge is -1.93. The SMILES string of the molecule is CCC.CCCC.CCCCC.CCCCCC.CCCCCCCC. The summed E-state index contributed by atoms with van der Waals surface area (Å²) in [5.41, 5.74) is 0. The van der Waals surface area contributed by atoms with Gasteiger partial charge < -0.3 is 0 Å². The molecule has 0 aliphatic rings. The number of hydrogen-bond acceptors (Lipinski definition) is 0. The van der Waals surface area contributed by atoms with Gasteiger partial charge >= 0.3 is 0 Å². The maximum Gasteiger partial charge on any atom is -0.0533 e. The van der Waals surface area contributed by atoms with Gasteiger partial charge in [0.25, 0.3) is 0 Å². The maximum absolute atomic E-state index is 2.26. The monoisotopic (exact) mass is 374 g/mol. The van der Waals surface area contributed by atoms with Crippen LogP contribution in [0.3, 0.4) is 0 Å². The van der Waals surface area contributed by atoms with Gasteiger partial charge in [0.05, 0.1) is 0 Å². The maximum atomic E-state index is 2.26. The van der Waals surface area contributed by atoms with Crippen LogP contribution >= 0.6 is 0 Å². The first-order valence-electron chi connectivity index (χ1n) is 12.6. The normalized spacial score (nSPS) is 8.54. The zero-order valence-electron chi connectivity index (χ0n) is 21.3. The van der Waals surface area contributed by atoms with Crippen LogP contribution in [-0.2, 0) is 0 Å². The average molecular weight is 375 g/mol. The molecule has 0 spiro atoms. The Morgan fingerprint density at radius 3 is 0.538 bits per heavy atom. The number of unbranched alkanes of at least 4 members (excludes halogenated alkanes) is 11. The lowest BCUT2D eigenvalue weighted by molar-refractivity contribution is 0.624. The van der Waals surface area contributed by atoms with Crippen molar-refractivity contribution in [3.63, 3.8) is 0 Å². The molecule has 0 saturated carbocycles. The highest BCUT2D eigenvalue weighted by Gasteiger charge is 1.83. The highest BCUT2D eigenvalue weighted by molar-refractivity contribution is 4.39.